The summed E-state index contributed by atoms with van der Waals surface area (Å²) in [4.78, 5) is 2.57. The van der Waals surface area contributed by atoms with Gasteiger partial charge in [-0.2, -0.15) is 0 Å². The number of nitrogens with zero attached hydrogens (tertiary/aromatic N) is 1. The molecule has 3 heteroatoms. The number of ether oxygens (including phenoxy) is 1. The number of likely N-dealkylation sites (tertiary alicyclic amines) is 1. The van der Waals surface area contributed by atoms with Crippen molar-refractivity contribution in [2.45, 2.75) is 39.2 Å². The highest BCUT2D eigenvalue weighted by Gasteiger charge is 2.29. The van der Waals surface area contributed by atoms with Gasteiger partial charge in [-0.15, -0.1) is 0 Å². The molecule has 0 aromatic heterocycles. The number of rotatable bonds is 7. The van der Waals surface area contributed by atoms with Gasteiger partial charge in [0.05, 0.1) is 6.61 Å². The minimum atomic E-state index is 0.571. The fourth-order valence-electron chi connectivity index (χ4n) is 2.92. The molecule has 3 atom stereocenters. The lowest BCUT2D eigenvalue weighted by Gasteiger charge is -2.31. The topological polar surface area (TPSA) is 38.5 Å². The van der Waals surface area contributed by atoms with Crippen LogP contribution in [-0.2, 0) is 4.74 Å². The fourth-order valence-corrected chi connectivity index (χ4v) is 2.92. The minimum absolute atomic E-state index is 0.571. The third-order valence-corrected chi connectivity index (χ3v) is 3.83. The van der Waals surface area contributed by atoms with E-state index in [0.29, 0.717) is 12.0 Å². The highest BCUT2D eigenvalue weighted by atomic mass is 16.5. The second-order valence-corrected chi connectivity index (χ2v) is 5.17. The maximum absolute atomic E-state index is 5.93. The average Bonchev–Trinajstić information content (AvgIpc) is 2.68. The lowest BCUT2D eigenvalue weighted by Crippen LogP contribution is -2.43. The number of hydrogen-bond acceptors (Lipinski definition) is 3. The molecule has 1 fully saturated rings. The summed E-state index contributed by atoms with van der Waals surface area (Å²) in [7, 11) is 1.79. The first-order valence-corrected chi connectivity index (χ1v) is 6.65. The van der Waals surface area contributed by atoms with Crippen LogP contribution >= 0.6 is 0 Å². The third kappa shape index (κ3) is 3.72. The Hall–Kier alpha value is -0.120. The molecule has 1 saturated heterocycles. The van der Waals surface area contributed by atoms with Gasteiger partial charge >= 0.3 is 0 Å². The normalized spacial score (nSPS) is 25.9. The van der Waals surface area contributed by atoms with Crippen LogP contribution in [0.5, 0.6) is 0 Å². The average molecular weight is 228 g/mol. The van der Waals surface area contributed by atoms with Crippen molar-refractivity contribution in [1.82, 2.24) is 4.90 Å². The van der Waals surface area contributed by atoms with E-state index in [9.17, 15) is 0 Å². The molecule has 0 saturated carbocycles. The summed E-state index contributed by atoms with van der Waals surface area (Å²) in [6, 6.07) is 0.571. The van der Waals surface area contributed by atoms with Gasteiger partial charge in [0.1, 0.15) is 0 Å². The van der Waals surface area contributed by atoms with Crippen LogP contribution in [0.4, 0.5) is 0 Å². The molecule has 2 N–H and O–H groups in total. The van der Waals surface area contributed by atoms with E-state index in [1.54, 1.807) is 7.11 Å². The van der Waals surface area contributed by atoms with Gasteiger partial charge in [0.2, 0.25) is 0 Å². The Bertz CT molecular complexity index is 187. The first-order valence-electron chi connectivity index (χ1n) is 6.65. The summed E-state index contributed by atoms with van der Waals surface area (Å²) >= 11 is 0. The molecule has 1 aliphatic heterocycles. The standard InChI is InChI=1S/C13H28N2O/c1-4-5-11(2)13(8-14)15-7-6-12(9-15)10-16-3/h11-13H,4-10,14H2,1-3H3. The molecule has 0 amide bonds. The predicted octanol–water partition coefficient (Wildman–Crippen LogP) is 1.72. The van der Waals surface area contributed by atoms with Crippen molar-refractivity contribution in [2.75, 3.05) is 33.4 Å². The first kappa shape index (κ1) is 13.9. The van der Waals surface area contributed by atoms with Gasteiger partial charge in [0.15, 0.2) is 0 Å². The van der Waals surface area contributed by atoms with Crippen molar-refractivity contribution in [2.24, 2.45) is 17.6 Å². The lowest BCUT2D eigenvalue weighted by molar-refractivity contribution is 0.135. The second-order valence-electron chi connectivity index (χ2n) is 5.17. The molecular weight excluding hydrogens is 200 g/mol. The van der Waals surface area contributed by atoms with Crippen LogP contribution in [0.1, 0.15) is 33.1 Å². The molecule has 0 aromatic carbocycles. The van der Waals surface area contributed by atoms with E-state index >= 15 is 0 Å². The molecule has 1 rings (SSSR count). The molecule has 1 aliphatic rings. The molecule has 3 unspecified atom stereocenters. The quantitative estimate of drug-likeness (QED) is 0.721. The molecule has 96 valence electrons. The SMILES string of the molecule is CCCC(C)C(CN)N1CCC(COC)C1. The third-order valence-electron chi connectivity index (χ3n) is 3.83. The van der Waals surface area contributed by atoms with Crippen molar-refractivity contribution in [3.8, 4) is 0 Å². The molecule has 0 radical (unpaired) electrons. The Balaban J connectivity index is 2.42. The number of hydrogen-bond donors (Lipinski definition) is 1. The Labute approximate surface area is 100 Å². The lowest BCUT2D eigenvalue weighted by atomic mass is 9.96. The van der Waals surface area contributed by atoms with Crippen molar-refractivity contribution >= 4 is 0 Å². The summed E-state index contributed by atoms with van der Waals surface area (Å²) in [5.41, 5.74) is 5.93. The van der Waals surface area contributed by atoms with E-state index in [4.69, 9.17) is 10.5 Å². The zero-order chi connectivity index (χ0) is 12.0. The monoisotopic (exact) mass is 228 g/mol. The van der Waals surface area contributed by atoms with Gasteiger partial charge in [-0.1, -0.05) is 20.3 Å². The molecule has 0 spiro atoms. The molecule has 0 aromatic rings. The minimum Gasteiger partial charge on any atom is -0.384 e. The Morgan fingerprint density at radius 3 is 2.81 bits per heavy atom. The maximum Gasteiger partial charge on any atom is 0.0503 e. The van der Waals surface area contributed by atoms with Gasteiger partial charge in [0, 0.05) is 26.2 Å². The maximum atomic E-state index is 5.93. The van der Waals surface area contributed by atoms with Crippen molar-refractivity contribution < 1.29 is 4.74 Å². The zero-order valence-electron chi connectivity index (χ0n) is 11.1. The molecule has 1 heterocycles. The van der Waals surface area contributed by atoms with Gasteiger partial charge in [-0.3, -0.25) is 4.90 Å². The van der Waals surface area contributed by atoms with Gasteiger partial charge in [-0.25, -0.2) is 0 Å². The Morgan fingerprint density at radius 1 is 1.50 bits per heavy atom. The van der Waals surface area contributed by atoms with E-state index in [2.05, 4.69) is 18.7 Å². The first-order chi connectivity index (χ1) is 7.72. The van der Waals surface area contributed by atoms with Crippen LogP contribution in [0.3, 0.4) is 0 Å². The molecule has 16 heavy (non-hydrogen) atoms. The van der Waals surface area contributed by atoms with Gasteiger partial charge in [-0.05, 0) is 31.2 Å². The van der Waals surface area contributed by atoms with Crippen LogP contribution < -0.4 is 5.73 Å². The zero-order valence-corrected chi connectivity index (χ0v) is 11.1. The summed E-state index contributed by atoms with van der Waals surface area (Å²) < 4.78 is 5.24. The van der Waals surface area contributed by atoms with E-state index in [1.165, 1.54) is 32.4 Å². The van der Waals surface area contributed by atoms with E-state index in [0.717, 1.165) is 19.1 Å². The predicted molar refractivity (Wildman–Crippen MR) is 68.5 cm³/mol. The van der Waals surface area contributed by atoms with E-state index in [-0.39, 0.29) is 0 Å². The highest BCUT2D eigenvalue weighted by Crippen LogP contribution is 2.23. The van der Waals surface area contributed by atoms with E-state index < -0.39 is 0 Å². The second kappa shape index (κ2) is 7.25. The molecule has 0 bridgehead atoms. The smallest absolute Gasteiger partial charge is 0.0503 e. The Kier molecular flexibility index (Phi) is 6.32. The summed E-state index contributed by atoms with van der Waals surface area (Å²) in [6.07, 6.45) is 3.81. The van der Waals surface area contributed by atoms with E-state index in [1.807, 2.05) is 0 Å². The molecular formula is C13H28N2O. The summed E-state index contributed by atoms with van der Waals surface area (Å²) in [5, 5.41) is 0. The van der Waals surface area contributed by atoms with Crippen LogP contribution in [0.15, 0.2) is 0 Å². The summed E-state index contributed by atoms with van der Waals surface area (Å²) in [5.74, 6) is 1.43. The number of methoxy groups -OCH3 is 1. The summed E-state index contributed by atoms with van der Waals surface area (Å²) in [6.45, 7) is 8.65. The fraction of sp³-hybridized carbons (Fsp3) is 1.00. The van der Waals surface area contributed by atoms with Crippen molar-refractivity contribution in [3.63, 3.8) is 0 Å². The van der Waals surface area contributed by atoms with Crippen LogP contribution in [0.2, 0.25) is 0 Å². The Morgan fingerprint density at radius 2 is 2.25 bits per heavy atom. The molecule has 3 nitrogen and oxygen atoms in total. The molecule has 0 aliphatic carbocycles. The van der Waals surface area contributed by atoms with Crippen molar-refractivity contribution in [1.29, 1.82) is 0 Å². The van der Waals surface area contributed by atoms with Gasteiger partial charge in [0.25, 0.3) is 0 Å². The van der Waals surface area contributed by atoms with Crippen LogP contribution in [-0.4, -0.2) is 44.3 Å². The van der Waals surface area contributed by atoms with Crippen molar-refractivity contribution in [3.05, 3.63) is 0 Å². The largest absolute Gasteiger partial charge is 0.384 e. The number of nitrogens with two attached hydrogens (primary N) is 1. The van der Waals surface area contributed by atoms with Gasteiger partial charge < -0.3 is 10.5 Å². The van der Waals surface area contributed by atoms with Crippen LogP contribution in [0.25, 0.3) is 0 Å². The van der Waals surface area contributed by atoms with Crippen LogP contribution in [0, 0.1) is 11.8 Å². The highest BCUT2D eigenvalue weighted by molar-refractivity contribution is 4.84.